The smallest absolute Gasteiger partial charge is 0.259 e. The average Bonchev–Trinajstić information content (AvgIpc) is 2.66. The molecule has 0 spiro atoms. The van der Waals surface area contributed by atoms with Crippen LogP contribution in [0.3, 0.4) is 0 Å². The first kappa shape index (κ1) is 20.9. The second-order valence-electron chi connectivity index (χ2n) is 5.77. The van der Waals surface area contributed by atoms with E-state index in [2.05, 4.69) is 37.2 Å². The summed E-state index contributed by atoms with van der Waals surface area (Å²) in [4.78, 5) is 25.3. The highest BCUT2D eigenvalue weighted by molar-refractivity contribution is 9.11. The lowest BCUT2D eigenvalue weighted by atomic mass is 10.0. The summed E-state index contributed by atoms with van der Waals surface area (Å²) in [7, 11) is 0. The van der Waals surface area contributed by atoms with E-state index in [1.807, 2.05) is 0 Å². The molecule has 28 heavy (non-hydrogen) atoms. The summed E-state index contributed by atoms with van der Waals surface area (Å²) in [5.74, 6) is -1.02. The zero-order valence-corrected chi connectivity index (χ0v) is 18.7. The van der Waals surface area contributed by atoms with Crippen LogP contribution < -0.4 is 5.32 Å². The lowest BCUT2D eigenvalue weighted by Crippen LogP contribution is -2.13. The van der Waals surface area contributed by atoms with Crippen LogP contribution in [0.5, 0.6) is 5.75 Å². The largest absolute Gasteiger partial charge is 0.506 e. The molecule has 1 amide bonds. The van der Waals surface area contributed by atoms with Crippen LogP contribution in [0.2, 0.25) is 10.0 Å². The molecule has 0 heterocycles. The Morgan fingerprint density at radius 1 is 0.893 bits per heavy atom. The van der Waals surface area contributed by atoms with Crippen molar-refractivity contribution >= 4 is 72.4 Å². The van der Waals surface area contributed by atoms with Crippen LogP contribution in [0.1, 0.15) is 26.3 Å². The monoisotopic (exact) mass is 541 g/mol. The molecule has 4 nitrogen and oxygen atoms in total. The van der Waals surface area contributed by atoms with Crippen molar-refractivity contribution in [1.29, 1.82) is 0 Å². The van der Waals surface area contributed by atoms with E-state index in [-0.39, 0.29) is 27.7 Å². The van der Waals surface area contributed by atoms with Crippen LogP contribution in [0, 0.1) is 0 Å². The predicted octanol–water partition coefficient (Wildman–Crippen LogP) is 6.71. The number of anilines is 1. The molecule has 142 valence electrons. The third-order valence-corrected chi connectivity index (χ3v) is 5.49. The first-order chi connectivity index (χ1) is 13.3. The Morgan fingerprint density at radius 3 is 2.25 bits per heavy atom. The van der Waals surface area contributed by atoms with Gasteiger partial charge in [0, 0.05) is 26.3 Å². The Labute approximate surface area is 187 Å². The number of ketones is 1. The molecule has 0 atom stereocenters. The van der Waals surface area contributed by atoms with Gasteiger partial charge in [0.2, 0.25) is 0 Å². The fourth-order valence-corrected chi connectivity index (χ4v) is 4.03. The van der Waals surface area contributed by atoms with Crippen molar-refractivity contribution < 1.29 is 14.7 Å². The van der Waals surface area contributed by atoms with E-state index < -0.39 is 5.91 Å². The summed E-state index contributed by atoms with van der Waals surface area (Å²) < 4.78 is 0.999. The highest BCUT2D eigenvalue weighted by Gasteiger charge is 2.18. The van der Waals surface area contributed by atoms with Gasteiger partial charge >= 0.3 is 0 Å². The molecular weight excluding hydrogens is 533 g/mol. The molecule has 0 bridgehead atoms. The van der Waals surface area contributed by atoms with Gasteiger partial charge in [-0.25, -0.2) is 0 Å². The van der Waals surface area contributed by atoms with E-state index >= 15 is 0 Å². The number of carbonyl (C=O) groups is 2. The maximum atomic E-state index is 12.7. The van der Waals surface area contributed by atoms with Crippen LogP contribution in [0.15, 0.2) is 63.5 Å². The highest BCUT2D eigenvalue weighted by Crippen LogP contribution is 2.32. The third kappa shape index (κ3) is 4.58. The Kier molecular flexibility index (Phi) is 6.45. The summed E-state index contributed by atoms with van der Waals surface area (Å²) >= 11 is 18.5. The number of phenols is 1. The molecule has 3 rings (SSSR count). The van der Waals surface area contributed by atoms with Crippen LogP contribution in [-0.4, -0.2) is 16.8 Å². The maximum absolute atomic E-state index is 12.7. The number of hydrogen-bond acceptors (Lipinski definition) is 3. The molecule has 0 aliphatic carbocycles. The number of phenolic OH excluding ortho intramolecular Hbond substituents is 1. The average molecular weight is 544 g/mol. The minimum atomic E-state index is -0.535. The van der Waals surface area contributed by atoms with Gasteiger partial charge in [-0.15, -0.1) is 0 Å². The van der Waals surface area contributed by atoms with Gasteiger partial charge in [-0.1, -0.05) is 39.1 Å². The molecule has 3 aromatic rings. The first-order valence-corrected chi connectivity index (χ1v) is 10.2. The van der Waals surface area contributed by atoms with Crippen molar-refractivity contribution in [2.45, 2.75) is 0 Å². The Morgan fingerprint density at radius 2 is 1.57 bits per heavy atom. The van der Waals surface area contributed by atoms with E-state index in [9.17, 15) is 14.7 Å². The summed E-state index contributed by atoms with van der Waals surface area (Å²) in [6.07, 6.45) is 0. The molecule has 0 unspecified atom stereocenters. The van der Waals surface area contributed by atoms with Crippen molar-refractivity contribution in [1.82, 2.24) is 0 Å². The number of rotatable bonds is 4. The maximum Gasteiger partial charge on any atom is 0.259 e. The van der Waals surface area contributed by atoms with Crippen molar-refractivity contribution in [3.63, 3.8) is 0 Å². The topological polar surface area (TPSA) is 66.4 Å². The SMILES string of the molecule is O=C(c1ccc(Cl)cc1)c1cc(NC(=O)c2cc(Br)cc(Br)c2O)ccc1Cl. The number of nitrogens with one attached hydrogen (secondary N) is 1. The lowest BCUT2D eigenvalue weighted by Gasteiger charge is -2.11. The Hall–Kier alpha value is -1.86. The number of carbonyl (C=O) groups excluding carboxylic acids is 2. The number of amides is 1. The van der Waals surface area contributed by atoms with Crippen molar-refractivity contribution in [3.8, 4) is 5.75 Å². The van der Waals surface area contributed by atoms with E-state index in [1.165, 1.54) is 18.2 Å². The first-order valence-electron chi connectivity index (χ1n) is 7.85. The molecule has 2 N–H and O–H groups in total. The molecule has 0 aromatic heterocycles. The van der Waals surface area contributed by atoms with Crippen molar-refractivity contribution in [2.24, 2.45) is 0 Å². The number of aromatic hydroxyl groups is 1. The standard InChI is InChI=1S/C20H11Br2Cl2NO3/c21-11-7-15(19(27)16(22)8-11)20(28)25-13-5-6-17(24)14(9-13)18(26)10-1-3-12(23)4-2-10/h1-9,27H,(H,25,28). The summed E-state index contributed by atoms with van der Waals surface area (Å²) in [5.41, 5.74) is 1.09. The molecule has 0 fully saturated rings. The fourth-order valence-electron chi connectivity index (χ4n) is 2.47. The Bertz CT molecular complexity index is 1090. The van der Waals surface area contributed by atoms with E-state index in [0.29, 0.717) is 25.2 Å². The molecule has 0 saturated carbocycles. The van der Waals surface area contributed by atoms with Gasteiger partial charge in [0.05, 0.1) is 15.1 Å². The van der Waals surface area contributed by atoms with Gasteiger partial charge in [-0.3, -0.25) is 9.59 Å². The highest BCUT2D eigenvalue weighted by atomic mass is 79.9. The summed E-state index contributed by atoms with van der Waals surface area (Å²) in [6, 6.07) is 14.1. The number of halogens is 4. The quantitative estimate of drug-likeness (QED) is 0.360. The van der Waals surface area contributed by atoms with Crippen molar-refractivity contribution in [2.75, 3.05) is 5.32 Å². The third-order valence-electron chi connectivity index (χ3n) is 3.85. The second kappa shape index (κ2) is 8.66. The molecule has 8 heteroatoms. The van der Waals surface area contributed by atoms with Gasteiger partial charge in [0.15, 0.2) is 5.78 Å². The zero-order valence-electron chi connectivity index (χ0n) is 14.0. The van der Waals surface area contributed by atoms with Crippen LogP contribution >= 0.6 is 55.1 Å². The predicted molar refractivity (Wildman–Crippen MR) is 118 cm³/mol. The number of hydrogen-bond donors (Lipinski definition) is 2. The van der Waals surface area contributed by atoms with Crippen molar-refractivity contribution in [3.05, 3.63) is 90.3 Å². The normalized spacial score (nSPS) is 10.6. The van der Waals surface area contributed by atoms with E-state index in [0.717, 1.165) is 0 Å². The van der Waals surface area contributed by atoms with Gasteiger partial charge < -0.3 is 10.4 Å². The molecule has 0 aliphatic rings. The second-order valence-corrected chi connectivity index (χ2v) is 8.38. The molecule has 0 aliphatic heterocycles. The summed E-state index contributed by atoms with van der Waals surface area (Å²) in [6.45, 7) is 0. The molecule has 3 aromatic carbocycles. The van der Waals surface area contributed by atoms with Crippen LogP contribution in [0.4, 0.5) is 5.69 Å². The molecule has 0 saturated heterocycles. The van der Waals surface area contributed by atoms with Gasteiger partial charge in [-0.05, 0) is 70.5 Å². The minimum absolute atomic E-state index is 0.0711. The zero-order chi connectivity index (χ0) is 20.4. The number of benzene rings is 3. The van der Waals surface area contributed by atoms with Gasteiger partial charge in [0.25, 0.3) is 5.91 Å². The van der Waals surface area contributed by atoms with Crippen LogP contribution in [-0.2, 0) is 0 Å². The van der Waals surface area contributed by atoms with Gasteiger partial charge in [0.1, 0.15) is 5.75 Å². The fraction of sp³-hybridized carbons (Fsp3) is 0. The van der Waals surface area contributed by atoms with E-state index in [1.54, 1.807) is 36.4 Å². The Balaban J connectivity index is 1.90. The van der Waals surface area contributed by atoms with E-state index in [4.69, 9.17) is 23.2 Å². The molecular formula is C20H11Br2Cl2NO3. The lowest BCUT2D eigenvalue weighted by molar-refractivity contribution is 0.101. The minimum Gasteiger partial charge on any atom is -0.506 e. The van der Waals surface area contributed by atoms with Crippen LogP contribution in [0.25, 0.3) is 0 Å². The molecule has 0 radical (unpaired) electrons. The van der Waals surface area contributed by atoms with Gasteiger partial charge in [-0.2, -0.15) is 0 Å². The summed E-state index contributed by atoms with van der Waals surface area (Å²) in [5, 5.41) is 13.6.